The number of aryl methyl sites for hydroxylation is 1. The van der Waals surface area contributed by atoms with Crippen LogP contribution >= 0.6 is 0 Å². The van der Waals surface area contributed by atoms with Crippen molar-refractivity contribution in [3.05, 3.63) is 65.5 Å². The Labute approximate surface area is 127 Å². The van der Waals surface area contributed by atoms with E-state index in [1.807, 2.05) is 55.5 Å². The number of para-hydroxylation sites is 2. The molecule has 0 saturated carbocycles. The minimum Gasteiger partial charge on any atom is -0.481 e. The summed E-state index contributed by atoms with van der Waals surface area (Å²) < 4.78 is 5.68. The first-order valence-corrected chi connectivity index (χ1v) is 6.97. The van der Waals surface area contributed by atoms with Crippen LogP contribution in [-0.4, -0.2) is 16.1 Å². The highest BCUT2D eigenvalue weighted by molar-refractivity contribution is 5.90. The second-order valence-corrected chi connectivity index (χ2v) is 5.14. The van der Waals surface area contributed by atoms with Crippen molar-refractivity contribution in [2.45, 2.75) is 13.3 Å². The molecule has 2 aromatic carbocycles. The molecule has 0 aliphatic rings. The van der Waals surface area contributed by atoms with Gasteiger partial charge in [-0.1, -0.05) is 42.0 Å². The normalized spacial score (nSPS) is 11.8. The van der Waals surface area contributed by atoms with E-state index < -0.39 is 5.97 Å². The lowest BCUT2D eigenvalue weighted by Crippen LogP contribution is -1.97. The molecule has 0 saturated heterocycles. The molecule has 0 radical (unpaired) electrons. The second-order valence-electron chi connectivity index (χ2n) is 5.14. The molecule has 0 fully saturated rings. The number of nitrogens with zero attached hydrogens (tertiary/aromatic N) is 1. The Kier molecular flexibility index (Phi) is 3.74. The molecule has 0 spiro atoms. The van der Waals surface area contributed by atoms with E-state index in [1.54, 1.807) is 6.08 Å². The van der Waals surface area contributed by atoms with Crippen molar-refractivity contribution in [1.82, 2.24) is 4.98 Å². The van der Waals surface area contributed by atoms with Crippen LogP contribution in [0, 0.1) is 6.92 Å². The lowest BCUT2D eigenvalue weighted by Gasteiger charge is -2.01. The van der Waals surface area contributed by atoms with E-state index in [-0.39, 0.29) is 6.42 Å². The SMILES string of the molecule is Cc1ccc(/C=C(\CC(=O)O)c2nc3ccccc3o2)cc1. The summed E-state index contributed by atoms with van der Waals surface area (Å²) in [4.78, 5) is 15.5. The fraction of sp³-hybridized carbons (Fsp3) is 0.111. The van der Waals surface area contributed by atoms with E-state index in [9.17, 15) is 4.79 Å². The molecule has 0 atom stereocenters. The third kappa shape index (κ3) is 3.06. The quantitative estimate of drug-likeness (QED) is 0.784. The van der Waals surface area contributed by atoms with Gasteiger partial charge < -0.3 is 9.52 Å². The van der Waals surface area contributed by atoms with Gasteiger partial charge in [0.25, 0.3) is 0 Å². The number of oxazole rings is 1. The summed E-state index contributed by atoms with van der Waals surface area (Å²) in [5, 5.41) is 9.13. The predicted molar refractivity (Wildman–Crippen MR) is 85.3 cm³/mol. The number of carbonyl (C=O) groups is 1. The fourth-order valence-corrected chi connectivity index (χ4v) is 2.22. The van der Waals surface area contributed by atoms with E-state index in [0.29, 0.717) is 17.0 Å². The topological polar surface area (TPSA) is 63.3 Å². The van der Waals surface area contributed by atoms with Gasteiger partial charge in [0, 0.05) is 5.57 Å². The molecule has 0 amide bonds. The highest BCUT2D eigenvalue weighted by atomic mass is 16.4. The fourth-order valence-electron chi connectivity index (χ4n) is 2.22. The van der Waals surface area contributed by atoms with Gasteiger partial charge in [-0.2, -0.15) is 0 Å². The van der Waals surface area contributed by atoms with Crippen molar-refractivity contribution in [3.8, 4) is 0 Å². The van der Waals surface area contributed by atoms with E-state index in [4.69, 9.17) is 9.52 Å². The number of hydrogen-bond acceptors (Lipinski definition) is 3. The summed E-state index contributed by atoms with van der Waals surface area (Å²) in [6.07, 6.45) is 1.67. The lowest BCUT2D eigenvalue weighted by atomic mass is 10.1. The summed E-state index contributed by atoms with van der Waals surface area (Å²) in [6.45, 7) is 2.01. The van der Waals surface area contributed by atoms with Crippen LogP contribution in [0.25, 0.3) is 22.7 Å². The van der Waals surface area contributed by atoms with E-state index >= 15 is 0 Å². The van der Waals surface area contributed by atoms with Crippen molar-refractivity contribution < 1.29 is 14.3 Å². The van der Waals surface area contributed by atoms with Crippen LogP contribution in [0.3, 0.4) is 0 Å². The molecule has 3 rings (SSSR count). The summed E-state index contributed by atoms with van der Waals surface area (Å²) in [6, 6.07) is 15.2. The smallest absolute Gasteiger partial charge is 0.308 e. The number of benzene rings is 2. The van der Waals surface area contributed by atoms with Gasteiger partial charge in [-0.3, -0.25) is 4.79 Å². The molecule has 0 aliphatic heterocycles. The molecule has 1 heterocycles. The average Bonchev–Trinajstić information content (AvgIpc) is 2.92. The third-order valence-corrected chi connectivity index (χ3v) is 3.33. The van der Waals surface area contributed by atoms with Crippen LogP contribution < -0.4 is 0 Å². The molecule has 4 nitrogen and oxygen atoms in total. The van der Waals surface area contributed by atoms with Crippen molar-refractivity contribution >= 4 is 28.7 Å². The molecule has 4 heteroatoms. The zero-order valence-corrected chi connectivity index (χ0v) is 12.1. The number of hydrogen-bond donors (Lipinski definition) is 1. The maximum absolute atomic E-state index is 11.1. The second kappa shape index (κ2) is 5.85. The van der Waals surface area contributed by atoms with Gasteiger partial charge in [0.05, 0.1) is 6.42 Å². The molecule has 1 N–H and O–H groups in total. The molecule has 3 aromatic rings. The van der Waals surface area contributed by atoms with Crippen LogP contribution in [0.4, 0.5) is 0 Å². The molecule has 0 unspecified atom stereocenters. The summed E-state index contributed by atoms with van der Waals surface area (Å²) in [7, 11) is 0. The first kappa shape index (κ1) is 14.1. The van der Waals surface area contributed by atoms with Crippen LogP contribution in [0.2, 0.25) is 0 Å². The third-order valence-electron chi connectivity index (χ3n) is 3.33. The van der Waals surface area contributed by atoms with Gasteiger partial charge in [-0.05, 0) is 30.7 Å². The molecule has 0 aliphatic carbocycles. The average molecular weight is 293 g/mol. The Hall–Kier alpha value is -2.88. The van der Waals surface area contributed by atoms with Crippen molar-refractivity contribution in [3.63, 3.8) is 0 Å². The van der Waals surface area contributed by atoms with Gasteiger partial charge in [-0.15, -0.1) is 0 Å². The van der Waals surface area contributed by atoms with Gasteiger partial charge in [0.2, 0.25) is 5.89 Å². The van der Waals surface area contributed by atoms with E-state index in [1.165, 1.54) is 0 Å². The van der Waals surface area contributed by atoms with Gasteiger partial charge >= 0.3 is 5.97 Å². The number of aliphatic carboxylic acids is 1. The van der Waals surface area contributed by atoms with Gasteiger partial charge in [-0.25, -0.2) is 4.98 Å². The molecule has 110 valence electrons. The maximum atomic E-state index is 11.1. The van der Waals surface area contributed by atoms with Gasteiger partial charge in [0.15, 0.2) is 5.58 Å². The molecular formula is C18H15NO3. The first-order chi connectivity index (χ1) is 10.6. The Morgan fingerprint density at radius 2 is 1.91 bits per heavy atom. The Morgan fingerprint density at radius 1 is 1.18 bits per heavy atom. The summed E-state index contributed by atoms with van der Waals surface area (Å²) in [5.41, 5.74) is 3.99. The minimum absolute atomic E-state index is 0.138. The number of aromatic nitrogens is 1. The highest BCUT2D eigenvalue weighted by Gasteiger charge is 2.14. The number of carboxylic acid groups (broad SMARTS) is 1. The zero-order valence-electron chi connectivity index (χ0n) is 12.1. The monoisotopic (exact) mass is 293 g/mol. The van der Waals surface area contributed by atoms with E-state index in [0.717, 1.165) is 16.6 Å². The van der Waals surface area contributed by atoms with Gasteiger partial charge in [0.1, 0.15) is 5.52 Å². The molecule has 22 heavy (non-hydrogen) atoms. The summed E-state index contributed by atoms with van der Waals surface area (Å²) in [5.74, 6) is -0.565. The van der Waals surface area contributed by atoms with Crippen molar-refractivity contribution in [1.29, 1.82) is 0 Å². The molecular weight excluding hydrogens is 278 g/mol. The van der Waals surface area contributed by atoms with Crippen LogP contribution in [0.1, 0.15) is 23.4 Å². The summed E-state index contributed by atoms with van der Waals surface area (Å²) >= 11 is 0. The predicted octanol–water partition coefficient (Wildman–Crippen LogP) is 4.15. The largest absolute Gasteiger partial charge is 0.481 e. The highest BCUT2D eigenvalue weighted by Crippen LogP contribution is 2.25. The van der Waals surface area contributed by atoms with Crippen molar-refractivity contribution in [2.75, 3.05) is 0 Å². The van der Waals surface area contributed by atoms with E-state index in [2.05, 4.69) is 4.98 Å². The zero-order chi connectivity index (χ0) is 15.5. The standard InChI is InChI=1S/C18H15NO3/c1-12-6-8-13(9-7-12)10-14(11-17(20)21)18-19-15-4-2-3-5-16(15)22-18/h2-10H,11H2,1H3,(H,20,21)/b14-10+. The lowest BCUT2D eigenvalue weighted by molar-refractivity contribution is -0.135. The minimum atomic E-state index is -0.916. The van der Waals surface area contributed by atoms with Crippen LogP contribution in [0.5, 0.6) is 0 Å². The van der Waals surface area contributed by atoms with Crippen molar-refractivity contribution in [2.24, 2.45) is 0 Å². The Balaban J connectivity index is 2.05. The maximum Gasteiger partial charge on any atom is 0.308 e. The Bertz CT molecular complexity index is 811. The molecule has 1 aromatic heterocycles. The van der Waals surface area contributed by atoms with Crippen LogP contribution in [-0.2, 0) is 4.79 Å². The molecule has 0 bridgehead atoms. The van der Waals surface area contributed by atoms with Crippen LogP contribution in [0.15, 0.2) is 52.9 Å². The number of fused-ring (bicyclic) bond motifs is 1. The first-order valence-electron chi connectivity index (χ1n) is 6.97. The Morgan fingerprint density at radius 3 is 2.59 bits per heavy atom. The number of rotatable bonds is 4. The number of carboxylic acids is 1.